The van der Waals surface area contributed by atoms with Crippen molar-refractivity contribution < 1.29 is 14.3 Å². The zero-order valence-corrected chi connectivity index (χ0v) is 12.4. The Morgan fingerprint density at radius 3 is 2.60 bits per heavy atom. The van der Waals surface area contributed by atoms with Gasteiger partial charge in [0.2, 0.25) is 5.91 Å². The molecule has 1 amide bonds. The SMILES string of the molecule is COc1ccc(CC(=O)NCC(C)CCN)cc1OC. The van der Waals surface area contributed by atoms with E-state index in [9.17, 15) is 4.79 Å². The molecule has 20 heavy (non-hydrogen) atoms. The average molecular weight is 280 g/mol. The number of nitrogens with one attached hydrogen (secondary N) is 1. The lowest BCUT2D eigenvalue weighted by Crippen LogP contribution is -2.30. The summed E-state index contributed by atoms with van der Waals surface area (Å²) in [6, 6.07) is 5.49. The Kier molecular flexibility index (Phi) is 6.87. The lowest BCUT2D eigenvalue weighted by molar-refractivity contribution is -0.120. The molecule has 112 valence electrons. The highest BCUT2D eigenvalue weighted by Crippen LogP contribution is 2.27. The molecule has 0 radical (unpaired) electrons. The Balaban J connectivity index is 2.53. The molecule has 0 aromatic heterocycles. The van der Waals surface area contributed by atoms with Gasteiger partial charge in [0.25, 0.3) is 0 Å². The minimum absolute atomic E-state index is 0.00101. The van der Waals surface area contributed by atoms with Gasteiger partial charge < -0.3 is 20.5 Å². The second-order valence-electron chi connectivity index (χ2n) is 4.85. The molecule has 5 nitrogen and oxygen atoms in total. The van der Waals surface area contributed by atoms with Crippen molar-refractivity contribution in [1.82, 2.24) is 5.32 Å². The van der Waals surface area contributed by atoms with Crippen LogP contribution in [0.2, 0.25) is 0 Å². The monoisotopic (exact) mass is 280 g/mol. The molecule has 1 rings (SSSR count). The molecular formula is C15H24N2O3. The van der Waals surface area contributed by atoms with E-state index in [1.165, 1.54) is 0 Å². The largest absolute Gasteiger partial charge is 0.493 e. The van der Waals surface area contributed by atoms with Gasteiger partial charge in [-0.3, -0.25) is 4.79 Å². The first-order valence-electron chi connectivity index (χ1n) is 6.78. The maximum Gasteiger partial charge on any atom is 0.224 e. The fourth-order valence-corrected chi connectivity index (χ4v) is 1.91. The zero-order valence-electron chi connectivity index (χ0n) is 12.4. The number of nitrogens with two attached hydrogens (primary N) is 1. The van der Waals surface area contributed by atoms with Crippen LogP contribution in [0, 0.1) is 5.92 Å². The molecule has 5 heteroatoms. The van der Waals surface area contributed by atoms with Crippen molar-refractivity contribution in [2.24, 2.45) is 11.7 Å². The third-order valence-corrected chi connectivity index (χ3v) is 3.12. The smallest absolute Gasteiger partial charge is 0.224 e. The quantitative estimate of drug-likeness (QED) is 0.754. The summed E-state index contributed by atoms with van der Waals surface area (Å²) >= 11 is 0. The first kappa shape index (κ1) is 16.3. The molecular weight excluding hydrogens is 256 g/mol. The maximum atomic E-state index is 11.9. The topological polar surface area (TPSA) is 73.6 Å². The van der Waals surface area contributed by atoms with Crippen LogP contribution in [-0.4, -0.2) is 33.2 Å². The van der Waals surface area contributed by atoms with Gasteiger partial charge in [0.1, 0.15) is 0 Å². The third kappa shape index (κ3) is 5.09. The van der Waals surface area contributed by atoms with Crippen molar-refractivity contribution in [2.75, 3.05) is 27.3 Å². The number of carbonyl (C=O) groups is 1. The summed E-state index contributed by atoms with van der Waals surface area (Å²) in [5.74, 6) is 1.69. The Morgan fingerprint density at radius 2 is 2.00 bits per heavy atom. The number of hydrogen-bond donors (Lipinski definition) is 2. The van der Waals surface area contributed by atoms with Crippen LogP contribution >= 0.6 is 0 Å². The maximum absolute atomic E-state index is 11.9. The second kappa shape index (κ2) is 8.43. The van der Waals surface area contributed by atoms with Crippen LogP contribution in [0.3, 0.4) is 0 Å². The standard InChI is InChI=1S/C15H24N2O3/c1-11(6-7-16)10-17-15(18)9-12-4-5-13(19-2)14(8-12)20-3/h4-5,8,11H,6-7,9-10,16H2,1-3H3,(H,17,18). The van der Waals surface area contributed by atoms with Crippen LogP contribution in [0.1, 0.15) is 18.9 Å². The van der Waals surface area contributed by atoms with Gasteiger partial charge in [-0.1, -0.05) is 13.0 Å². The van der Waals surface area contributed by atoms with Gasteiger partial charge in [0.05, 0.1) is 20.6 Å². The number of rotatable bonds is 8. The Bertz CT molecular complexity index is 435. The fraction of sp³-hybridized carbons (Fsp3) is 0.533. The normalized spacial score (nSPS) is 11.8. The van der Waals surface area contributed by atoms with Crippen LogP contribution < -0.4 is 20.5 Å². The van der Waals surface area contributed by atoms with Gasteiger partial charge in [-0.05, 0) is 36.6 Å². The van der Waals surface area contributed by atoms with E-state index in [-0.39, 0.29) is 5.91 Å². The summed E-state index contributed by atoms with van der Waals surface area (Å²) in [5.41, 5.74) is 6.38. The third-order valence-electron chi connectivity index (χ3n) is 3.12. The summed E-state index contributed by atoms with van der Waals surface area (Å²) in [6.45, 7) is 3.37. The molecule has 0 saturated carbocycles. The Hall–Kier alpha value is -1.75. The molecule has 0 heterocycles. The van der Waals surface area contributed by atoms with Gasteiger partial charge in [0, 0.05) is 6.54 Å². The van der Waals surface area contributed by atoms with Crippen LogP contribution in [-0.2, 0) is 11.2 Å². The molecule has 1 atom stereocenters. The highest BCUT2D eigenvalue weighted by Gasteiger charge is 2.09. The first-order valence-corrected chi connectivity index (χ1v) is 6.78. The van der Waals surface area contributed by atoms with Gasteiger partial charge in [-0.2, -0.15) is 0 Å². The van der Waals surface area contributed by atoms with E-state index in [2.05, 4.69) is 12.2 Å². The lowest BCUT2D eigenvalue weighted by atomic mass is 10.1. The van der Waals surface area contributed by atoms with Crippen LogP contribution in [0.25, 0.3) is 0 Å². The Labute approximate surface area is 120 Å². The minimum Gasteiger partial charge on any atom is -0.493 e. The predicted molar refractivity (Wildman–Crippen MR) is 79.1 cm³/mol. The molecule has 0 spiro atoms. The highest BCUT2D eigenvalue weighted by molar-refractivity contribution is 5.78. The van der Waals surface area contributed by atoms with Crippen molar-refractivity contribution >= 4 is 5.91 Å². The van der Waals surface area contributed by atoms with Crippen molar-refractivity contribution in [1.29, 1.82) is 0 Å². The zero-order chi connectivity index (χ0) is 15.0. The van der Waals surface area contributed by atoms with Crippen molar-refractivity contribution in [3.8, 4) is 11.5 Å². The molecule has 1 aromatic rings. The van der Waals surface area contributed by atoms with E-state index in [0.717, 1.165) is 12.0 Å². The Morgan fingerprint density at radius 1 is 1.30 bits per heavy atom. The number of hydrogen-bond acceptors (Lipinski definition) is 4. The van der Waals surface area contributed by atoms with E-state index in [1.54, 1.807) is 20.3 Å². The van der Waals surface area contributed by atoms with E-state index in [4.69, 9.17) is 15.2 Å². The van der Waals surface area contributed by atoms with E-state index >= 15 is 0 Å². The fourth-order valence-electron chi connectivity index (χ4n) is 1.91. The van der Waals surface area contributed by atoms with Crippen molar-refractivity contribution in [3.63, 3.8) is 0 Å². The second-order valence-corrected chi connectivity index (χ2v) is 4.85. The number of methoxy groups -OCH3 is 2. The van der Waals surface area contributed by atoms with Crippen LogP contribution in [0.4, 0.5) is 0 Å². The molecule has 1 unspecified atom stereocenters. The summed E-state index contributed by atoms with van der Waals surface area (Å²) in [6.07, 6.45) is 1.24. The summed E-state index contributed by atoms with van der Waals surface area (Å²) in [4.78, 5) is 11.9. The molecule has 0 bridgehead atoms. The summed E-state index contributed by atoms with van der Waals surface area (Å²) in [7, 11) is 3.17. The van der Waals surface area contributed by atoms with Crippen LogP contribution in [0.5, 0.6) is 11.5 Å². The summed E-state index contributed by atoms with van der Waals surface area (Å²) < 4.78 is 10.4. The van der Waals surface area contributed by atoms with Crippen LogP contribution in [0.15, 0.2) is 18.2 Å². The van der Waals surface area contributed by atoms with Gasteiger partial charge in [0.15, 0.2) is 11.5 Å². The molecule has 0 fully saturated rings. The highest BCUT2D eigenvalue weighted by atomic mass is 16.5. The molecule has 0 saturated heterocycles. The van der Waals surface area contributed by atoms with E-state index in [1.807, 2.05) is 12.1 Å². The number of ether oxygens (including phenoxy) is 2. The predicted octanol–water partition coefficient (Wildman–Crippen LogP) is 1.35. The summed E-state index contributed by atoms with van der Waals surface area (Å²) in [5, 5.41) is 2.92. The van der Waals surface area contributed by atoms with E-state index < -0.39 is 0 Å². The first-order chi connectivity index (χ1) is 9.60. The molecule has 1 aromatic carbocycles. The number of benzene rings is 1. The van der Waals surface area contributed by atoms with Crippen molar-refractivity contribution in [3.05, 3.63) is 23.8 Å². The molecule has 0 aliphatic rings. The van der Waals surface area contributed by atoms with Gasteiger partial charge >= 0.3 is 0 Å². The van der Waals surface area contributed by atoms with Gasteiger partial charge in [-0.15, -0.1) is 0 Å². The lowest BCUT2D eigenvalue weighted by Gasteiger charge is -2.12. The molecule has 3 N–H and O–H groups in total. The molecule has 0 aliphatic heterocycles. The minimum atomic E-state index is 0.00101. The number of amides is 1. The molecule has 0 aliphatic carbocycles. The average Bonchev–Trinajstić information content (AvgIpc) is 2.45. The number of carbonyl (C=O) groups excluding carboxylic acids is 1. The van der Waals surface area contributed by atoms with E-state index in [0.29, 0.717) is 36.9 Å². The van der Waals surface area contributed by atoms with Crippen molar-refractivity contribution in [2.45, 2.75) is 19.8 Å². The van der Waals surface area contributed by atoms with Gasteiger partial charge in [-0.25, -0.2) is 0 Å².